The Morgan fingerprint density at radius 3 is 2.13 bits per heavy atom. The van der Waals surface area contributed by atoms with E-state index in [1.165, 1.54) is 7.11 Å². The number of carbonyl (C=O) groups excluding carboxylic acids is 3. The Morgan fingerprint density at radius 2 is 1.60 bits per heavy atom. The van der Waals surface area contributed by atoms with Crippen molar-refractivity contribution in [3.05, 3.63) is 59.7 Å². The van der Waals surface area contributed by atoms with Gasteiger partial charge in [0.15, 0.2) is 6.61 Å². The number of carbonyl (C=O) groups is 3. The first-order valence-electron chi connectivity index (χ1n) is 9.08. The zero-order chi connectivity index (χ0) is 22.3. The summed E-state index contributed by atoms with van der Waals surface area (Å²) in [5, 5.41) is 4.80. The number of esters is 1. The molecule has 0 aromatic heterocycles. The van der Waals surface area contributed by atoms with Crippen LogP contribution in [0.3, 0.4) is 0 Å². The minimum atomic E-state index is -1.20. The first-order chi connectivity index (χ1) is 14.2. The van der Waals surface area contributed by atoms with E-state index >= 15 is 0 Å². The molecule has 2 N–H and O–H groups in total. The number of ether oxygens (including phenoxy) is 2. The maximum Gasteiger partial charge on any atom is 0.329 e. The van der Waals surface area contributed by atoms with E-state index in [1.807, 2.05) is 0 Å². The van der Waals surface area contributed by atoms with Crippen molar-refractivity contribution in [2.45, 2.75) is 19.9 Å². The number of hydrogen-bond donors (Lipinski definition) is 2. The van der Waals surface area contributed by atoms with Crippen LogP contribution in [0.4, 0.5) is 14.5 Å². The fourth-order valence-electron chi connectivity index (χ4n) is 2.52. The van der Waals surface area contributed by atoms with E-state index in [-0.39, 0.29) is 0 Å². The molecule has 0 saturated carbocycles. The van der Waals surface area contributed by atoms with Crippen LogP contribution in [0.5, 0.6) is 5.75 Å². The summed E-state index contributed by atoms with van der Waals surface area (Å²) < 4.78 is 37.5. The average molecular weight is 420 g/mol. The summed E-state index contributed by atoms with van der Waals surface area (Å²) in [7, 11) is 1.51. The lowest BCUT2D eigenvalue weighted by atomic mass is 10.0. The number of halogens is 2. The van der Waals surface area contributed by atoms with Gasteiger partial charge in [-0.3, -0.25) is 9.59 Å². The molecule has 0 radical (unpaired) electrons. The van der Waals surface area contributed by atoms with Gasteiger partial charge in [-0.1, -0.05) is 19.9 Å². The van der Waals surface area contributed by atoms with Crippen LogP contribution in [0.25, 0.3) is 0 Å². The molecule has 2 rings (SSSR count). The van der Waals surface area contributed by atoms with Gasteiger partial charge >= 0.3 is 5.97 Å². The van der Waals surface area contributed by atoms with Gasteiger partial charge in [-0.15, -0.1) is 0 Å². The molecule has 30 heavy (non-hydrogen) atoms. The van der Waals surface area contributed by atoms with Crippen LogP contribution in [0, 0.1) is 17.6 Å². The summed E-state index contributed by atoms with van der Waals surface area (Å²) in [5.74, 6) is -4.54. The number of rotatable bonds is 8. The van der Waals surface area contributed by atoms with Crippen molar-refractivity contribution >= 4 is 23.5 Å². The van der Waals surface area contributed by atoms with Gasteiger partial charge in [0.2, 0.25) is 0 Å². The third-order valence-corrected chi connectivity index (χ3v) is 4.12. The summed E-state index contributed by atoms with van der Waals surface area (Å²) in [6.45, 7) is 2.63. The summed E-state index contributed by atoms with van der Waals surface area (Å²) in [6.07, 6.45) is 0. The molecule has 0 aliphatic heterocycles. The number of anilines is 1. The van der Waals surface area contributed by atoms with Gasteiger partial charge in [0, 0.05) is 5.69 Å². The lowest BCUT2D eigenvalue weighted by molar-refractivity contribution is -0.150. The largest absolute Gasteiger partial charge is 0.497 e. The van der Waals surface area contributed by atoms with Crippen LogP contribution < -0.4 is 15.4 Å². The molecule has 0 unspecified atom stereocenters. The number of nitrogens with one attached hydrogen (secondary N) is 2. The number of hydrogen-bond acceptors (Lipinski definition) is 5. The summed E-state index contributed by atoms with van der Waals surface area (Å²) in [6, 6.07) is 8.30. The Hall–Kier alpha value is -3.49. The molecule has 0 bridgehead atoms. The Kier molecular flexibility index (Phi) is 7.85. The molecule has 0 fully saturated rings. The predicted molar refractivity (Wildman–Crippen MR) is 105 cm³/mol. The highest BCUT2D eigenvalue weighted by Gasteiger charge is 2.28. The van der Waals surface area contributed by atoms with E-state index in [2.05, 4.69) is 10.6 Å². The zero-order valence-electron chi connectivity index (χ0n) is 16.7. The van der Waals surface area contributed by atoms with E-state index in [9.17, 15) is 23.2 Å². The first-order valence-corrected chi connectivity index (χ1v) is 9.08. The van der Waals surface area contributed by atoms with Gasteiger partial charge in [-0.2, -0.15) is 0 Å². The van der Waals surface area contributed by atoms with Crippen molar-refractivity contribution in [3.63, 3.8) is 0 Å². The van der Waals surface area contributed by atoms with Gasteiger partial charge < -0.3 is 20.1 Å². The third-order valence-electron chi connectivity index (χ3n) is 4.12. The lowest BCUT2D eigenvalue weighted by Gasteiger charge is -2.21. The summed E-state index contributed by atoms with van der Waals surface area (Å²) in [4.78, 5) is 36.6. The average Bonchev–Trinajstić information content (AvgIpc) is 2.70. The fourth-order valence-corrected chi connectivity index (χ4v) is 2.52. The van der Waals surface area contributed by atoms with Crippen molar-refractivity contribution in [2.24, 2.45) is 5.92 Å². The van der Waals surface area contributed by atoms with Crippen LogP contribution in [0.15, 0.2) is 42.5 Å². The molecule has 0 aliphatic rings. The van der Waals surface area contributed by atoms with Crippen LogP contribution in [-0.2, 0) is 14.3 Å². The predicted octanol–water partition coefficient (Wildman–Crippen LogP) is 2.91. The van der Waals surface area contributed by atoms with Crippen molar-refractivity contribution in [2.75, 3.05) is 19.0 Å². The number of methoxy groups -OCH3 is 1. The zero-order valence-corrected chi connectivity index (χ0v) is 16.7. The van der Waals surface area contributed by atoms with Crippen LogP contribution in [0.1, 0.15) is 24.2 Å². The van der Waals surface area contributed by atoms with E-state index in [4.69, 9.17) is 9.47 Å². The minimum absolute atomic E-state index is 0.457. The van der Waals surface area contributed by atoms with Gasteiger partial charge in [-0.25, -0.2) is 13.6 Å². The van der Waals surface area contributed by atoms with Crippen molar-refractivity contribution in [1.82, 2.24) is 5.32 Å². The maximum atomic E-state index is 13.8. The van der Waals surface area contributed by atoms with Crippen LogP contribution >= 0.6 is 0 Å². The van der Waals surface area contributed by atoms with Gasteiger partial charge in [0.1, 0.15) is 29.0 Å². The molecule has 0 spiro atoms. The van der Waals surface area contributed by atoms with E-state index in [0.717, 1.165) is 18.2 Å². The summed E-state index contributed by atoms with van der Waals surface area (Å²) in [5.41, 5.74) is -0.325. The number of amides is 2. The first kappa shape index (κ1) is 22.8. The van der Waals surface area contributed by atoms with Gasteiger partial charge in [0.05, 0.1) is 7.11 Å². The molecule has 1 atom stereocenters. The molecule has 160 valence electrons. The quantitative estimate of drug-likeness (QED) is 0.641. The van der Waals surface area contributed by atoms with E-state index in [1.54, 1.807) is 38.1 Å². The second kappa shape index (κ2) is 10.3. The molecule has 9 heteroatoms. The molecular formula is C21H22F2N2O5. The highest BCUT2D eigenvalue weighted by molar-refractivity contribution is 5.98. The Labute approximate surface area is 172 Å². The Bertz CT molecular complexity index is 896. The second-order valence-corrected chi connectivity index (χ2v) is 6.68. The van der Waals surface area contributed by atoms with Crippen LogP contribution in [0.2, 0.25) is 0 Å². The van der Waals surface area contributed by atoms with Gasteiger partial charge in [-0.05, 0) is 42.3 Å². The maximum absolute atomic E-state index is 13.8. The normalized spacial score (nSPS) is 11.5. The van der Waals surface area contributed by atoms with E-state index in [0.29, 0.717) is 11.4 Å². The molecule has 2 amide bonds. The molecule has 2 aromatic carbocycles. The topological polar surface area (TPSA) is 93.7 Å². The van der Waals surface area contributed by atoms with Crippen molar-refractivity contribution < 1.29 is 32.6 Å². The SMILES string of the molecule is COc1ccc(NC(=O)COC(=O)[C@H](NC(=O)c2c(F)cccc2F)C(C)C)cc1. The Balaban J connectivity index is 1.96. The Morgan fingerprint density at radius 1 is 1.00 bits per heavy atom. The van der Waals surface area contributed by atoms with Crippen LogP contribution in [-0.4, -0.2) is 37.5 Å². The second-order valence-electron chi connectivity index (χ2n) is 6.68. The van der Waals surface area contributed by atoms with E-state index < -0.39 is 53.5 Å². The monoisotopic (exact) mass is 420 g/mol. The molecule has 7 nitrogen and oxygen atoms in total. The third kappa shape index (κ3) is 6.00. The number of benzene rings is 2. The molecule has 0 aliphatic carbocycles. The molecule has 0 heterocycles. The smallest absolute Gasteiger partial charge is 0.329 e. The standard InChI is InChI=1S/C21H22F2N2O5/c1-12(2)19(25-20(27)18-15(22)5-4-6-16(18)23)21(28)30-11-17(26)24-13-7-9-14(29-3)10-8-13/h4-10,12,19H,11H2,1-3H3,(H,24,26)(H,25,27)/t19-/m1/s1. The van der Waals surface area contributed by atoms with Crippen molar-refractivity contribution in [3.8, 4) is 5.75 Å². The highest BCUT2D eigenvalue weighted by Crippen LogP contribution is 2.15. The van der Waals surface area contributed by atoms with Gasteiger partial charge in [0.25, 0.3) is 11.8 Å². The van der Waals surface area contributed by atoms with Crippen molar-refractivity contribution in [1.29, 1.82) is 0 Å². The summed E-state index contributed by atoms with van der Waals surface area (Å²) >= 11 is 0. The lowest BCUT2D eigenvalue weighted by Crippen LogP contribution is -2.46. The molecular weight excluding hydrogens is 398 g/mol. The molecule has 2 aromatic rings. The fraction of sp³-hybridized carbons (Fsp3) is 0.286. The highest BCUT2D eigenvalue weighted by atomic mass is 19.1. The minimum Gasteiger partial charge on any atom is -0.497 e. The molecule has 0 saturated heterocycles.